The molecule has 1 atom stereocenters. The average Bonchev–Trinajstić information content (AvgIpc) is 2.45. The Morgan fingerprint density at radius 2 is 1.65 bits per heavy atom. The highest BCUT2D eigenvalue weighted by Gasteiger charge is 2.22. The van der Waals surface area contributed by atoms with E-state index in [9.17, 15) is 13.6 Å². The van der Waals surface area contributed by atoms with Crippen molar-refractivity contribution in [2.75, 3.05) is 7.11 Å². The molecule has 0 heterocycles. The SMILES string of the molecule is COC(C(=O)Cc1c(F)cccc1F)c1ccccc1. The molecule has 1 unspecified atom stereocenters. The van der Waals surface area contributed by atoms with Gasteiger partial charge >= 0.3 is 0 Å². The predicted octanol–water partition coefficient (Wildman–Crippen LogP) is 3.46. The van der Waals surface area contributed by atoms with Gasteiger partial charge in [-0.1, -0.05) is 36.4 Å². The van der Waals surface area contributed by atoms with E-state index in [1.165, 1.54) is 13.2 Å². The monoisotopic (exact) mass is 276 g/mol. The van der Waals surface area contributed by atoms with Gasteiger partial charge in [0.1, 0.15) is 17.7 Å². The topological polar surface area (TPSA) is 26.3 Å². The summed E-state index contributed by atoms with van der Waals surface area (Å²) in [6.07, 6.45) is -1.17. The van der Waals surface area contributed by atoms with E-state index in [1.807, 2.05) is 6.07 Å². The van der Waals surface area contributed by atoms with Crippen molar-refractivity contribution in [3.05, 3.63) is 71.3 Å². The molecule has 0 saturated heterocycles. The van der Waals surface area contributed by atoms with Crippen molar-refractivity contribution >= 4 is 5.78 Å². The molecule has 0 radical (unpaired) electrons. The highest BCUT2D eigenvalue weighted by molar-refractivity contribution is 5.86. The Hall–Kier alpha value is -2.07. The van der Waals surface area contributed by atoms with Crippen molar-refractivity contribution < 1.29 is 18.3 Å². The van der Waals surface area contributed by atoms with Gasteiger partial charge in [0, 0.05) is 19.1 Å². The lowest BCUT2D eigenvalue weighted by atomic mass is 9.99. The molecular weight excluding hydrogens is 262 g/mol. The van der Waals surface area contributed by atoms with Crippen molar-refractivity contribution in [3.63, 3.8) is 0 Å². The van der Waals surface area contributed by atoms with E-state index in [0.29, 0.717) is 5.56 Å². The van der Waals surface area contributed by atoms with Gasteiger partial charge in [-0.15, -0.1) is 0 Å². The maximum absolute atomic E-state index is 13.5. The minimum absolute atomic E-state index is 0.226. The number of hydrogen-bond donors (Lipinski definition) is 0. The molecule has 0 N–H and O–H groups in total. The van der Waals surface area contributed by atoms with Crippen molar-refractivity contribution in [2.45, 2.75) is 12.5 Å². The first-order chi connectivity index (χ1) is 9.63. The van der Waals surface area contributed by atoms with Crippen LogP contribution in [0.25, 0.3) is 0 Å². The first-order valence-electron chi connectivity index (χ1n) is 6.17. The van der Waals surface area contributed by atoms with Gasteiger partial charge in [0.05, 0.1) is 0 Å². The van der Waals surface area contributed by atoms with E-state index in [0.717, 1.165) is 12.1 Å². The Morgan fingerprint density at radius 1 is 1.05 bits per heavy atom. The number of hydrogen-bond acceptors (Lipinski definition) is 2. The minimum atomic E-state index is -0.824. The second-order valence-corrected chi connectivity index (χ2v) is 4.37. The van der Waals surface area contributed by atoms with E-state index in [-0.39, 0.29) is 17.8 Å². The molecule has 0 aliphatic heterocycles. The van der Waals surface area contributed by atoms with Crippen molar-refractivity contribution in [1.82, 2.24) is 0 Å². The fraction of sp³-hybridized carbons (Fsp3) is 0.188. The Kier molecular flexibility index (Phi) is 4.58. The number of ketones is 1. The highest BCUT2D eigenvalue weighted by atomic mass is 19.1. The maximum atomic E-state index is 13.5. The van der Waals surface area contributed by atoms with Crippen LogP contribution in [0.3, 0.4) is 0 Å². The Bertz CT molecular complexity index is 576. The summed E-state index contributed by atoms with van der Waals surface area (Å²) in [5, 5.41) is 0. The largest absolute Gasteiger partial charge is 0.369 e. The molecule has 0 aromatic heterocycles. The number of methoxy groups -OCH3 is 1. The van der Waals surface area contributed by atoms with Crippen LogP contribution < -0.4 is 0 Å². The molecule has 2 aromatic carbocycles. The molecule has 4 heteroatoms. The summed E-state index contributed by atoms with van der Waals surface area (Å²) >= 11 is 0. The second-order valence-electron chi connectivity index (χ2n) is 4.37. The molecule has 2 nitrogen and oxygen atoms in total. The summed E-state index contributed by atoms with van der Waals surface area (Å²) in [5.74, 6) is -1.83. The van der Waals surface area contributed by atoms with E-state index in [1.54, 1.807) is 24.3 Å². The maximum Gasteiger partial charge on any atom is 0.170 e. The lowest BCUT2D eigenvalue weighted by Crippen LogP contribution is -2.18. The number of carbonyl (C=O) groups excluding carboxylic acids is 1. The summed E-state index contributed by atoms with van der Waals surface area (Å²) in [6, 6.07) is 12.4. The van der Waals surface area contributed by atoms with Crippen LogP contribution in [0.1, 0.15) is 17.2 Å². The number of benzene rings is 2. The fourth-order valence-electron chi connectivity index (χ4n) is 2.05. The first-order valence-corrected chi connectivity index (χ1v) is 6.17. The molecular formula is C16H14F2O2. The summed E-state index contributed by atoms with van der Waals surface area (Å²) < 4.78 is 32.3. The third-order valence-electron chi connectivity index (χ3n) is 3.04. The normalized spacial score (nSPS) is 12.2. The molecule has 0 saturated carbocycles. The molecule has 0 spiro atoms. The predicted molar refractivity (Wildman–Crippen MR) is 71.3 cm³/mol. The molecule has 2 aromatic rings. The lowest BCUT2D eigenvalue weighted by molar-refractivity contribution is -0.128. The standard InChI is InChI=1S/C16H14F2O2/c1-20-16(11-6-3-2-4-7-11)15(19)10-12-13(17)8-5-9-14(12)18/h2-9,16H,10H2,1H3. The zero-order chi connectivity index (χ0) is 14.5. The fourth-order valence-corrected chi connectivity index (χ4v) is 2.05. The van der Waals surface area contributed by atoms with Crippen molar-refractivity contribution in [2.24, 2.45) is 0 Å². The molecule has 2 rings (SSSR count). The van der Waals surface area contributed by atoms with Crippen molar-refractivity contribution in [3.8, 4) is 0 Å². The number of ether oxygens (including phenoxy) is 1. The summed E-state index contributed by atoms with van der Waals surface area (Å²) in [7, 11) is 1.40. The molecule has 20 heavy (non-hydrogen) atoms. The number of halogens is 2. The molecule has 0 aliphatic carbocycles. The third kappa shape index (κ3) is 3.08. The summed E-state index contributed by atoms with van der Waals surface area (Å²) in [4.78, 5) is 12.2. The van der Waals surface area contributed by atoms with Crippen LogP contribution in [0.4, 0.5) is 8.78 Å². The van der Waals surface area contributed by atoms with Crippen LogP contribution >= 0.6 is 0 Å². The van der Waals surface area contributed by atoms with Crippen LogP contribution in [0.15, 0.2) is 48.5 Å². The zero-order valence-corrected chi connectivity index (χ0v) is 11.0. The zero-order valence-electron chi connectivity index (χ0n) is 11.0. The van der Waals surface area contributed by atoms with Crippen LogP contribution in [-0.2, 0) is 16.0 Å². The van der Waals surface area contributed by atoms with E-state index < -0.39 is 17.7 Å². The highest BCUT2D eigenvalue weighted by Crippen LogP contribution is 2.21. The lowest BCUT2D eigenvalue weighted by Gasteiger charge is -2.15. The second kappa shape index (κ2) is 6.39. The van der Waals surface area contributed by atoms with Crippen LogP contribution in [0, 0.1) is 11.6 Å². The quantitative estimate of drug-likeness (QED) is 0.836. The number of rotatable bonds is 5. The average molecular weight is 276 g/mol. The third-order valence-corrected chi connectivity index (χ3v) is 3.04. The number of Topliss-reactive ketones (excluding diaryl/α,β-unsaturated/α-hetero) is 1. The molecule has 0 aliphatic rings. The van der Waals surface area contributed by atoms with Crippen molar-refractivity contribution in [1.29, 1.82) is 0 Å². The van der Waals surface area contributed by atoms with Gasteiger partial charge in [0.15, 0.2) is 5.78 Å². The van der Waals surface area contributed by atoms with Gasteiger partial charge in [-0.25, -0.2) is 8.78 Å². The Balaban J connectivity index is 2.23. The molecule has 104 valence electrons. The van der Waals surface area contributed by atoms with Gasteiger partial charge < -0.3 is 4.74 Å². The molecule has 0 fully saturated rings. The Labute approximate surface area is 116 Å². The van der Waals surface area contributed by atoms with E-state index in [4.69, 9.17) is 4.74 Å². The van der Waals surface area contributed by atoms with Crippen LogP contribution in [0.5, 0.6) is 0 Å². The van der Waals surface area contributed by atoms with Crippen LogP contribution in [-0.4, -0.2) is 12.9 Å². The summed E-state index contributed by atoms with van der Waals surface area (Å²) in [5.41, 5.74) is 0.437. The Morgan fingerprint density at radius 3 is 2.20 bits per heavy atom. The van der Waals surface area contributed by atoms with Gasteiger partial charge in [0.25, 0.3) is 0 Å². The van der Waals surface area contributed by atoms with Gasteiger partial charge in [0.2, 0.25) is 0 Å². The van der Waals surface area contributed by atoms with Crippen LogP contribution in [0.2, 0.25) is 0 Å². The number of carbonyl (C=O) groups is 1. The minimum Gasteiger partial charge on any atom is -0.369 e. The summed E-state index contributed by atoms with van der Waals surface area (Å²) in [6.45, 7) is 0. The molecule has 0 amide bonds. The first kappa shape index (κ1) is 14.3. The molecule has 0 bridgehead atoms. The van der Waals surface area contributed by atoms with Gasteiger partial charge in [-0.05, 0) is 17.7 Å². The van der Waals surface area contributed by atoms with E-state index >= 15 is 0 Å². The smallest absolute Gasteiger partial charge is 0.170 e. The van der Waals surface area contributed by atoms with Gasteiger partial charge in [-0.2, -0.15) is 0 Å². The van der Waals surface area contributed by atoms with Gasteiger partial charge in [-0.3, -0.25) is 4.79 Å². The van der Waals surface area contributed by atoms with E-state index in [2.05, 4.69) is 0 Å².